The van der Waals surface area contributed by atoms with Gasteiger partial charge in [-0.25, -0.2) is 0 Å². The molecule has 102 valence electrons. The Labute approximate surface area is 108 Å². The quantitative estimate of drug-likeness (QED) is 0.767. The molecular formula is C15H31NO. The van der Waals surface area contributed by atoms with Crippen LogP contribution in [-0.4, -0.2) is 25.3 Å². The maximum absolute atomic E-state index is 5.71. The Hall–Kier alpha value is -0.0800. The molecule has 2 heteroatoms. The van der Waals surface area contributed by atoms with Crippen LogP contribution in [0.2, 0.25) is 0 Å². The summed E-state index contributed by atoms with van der Waals surface area (Å²) in [6.07, 6.45) is 6.67. The molecule has 17 heavy (non-hydrogen) atoms. The minimum atomic E-state index is -0.0551. The highest BCUT2D eigenvalue weighted by molar-refractivity contribution is 4.92. The van der Waals surface area contributed by atoms with Crippen LogP contribution in [-0.2, 0) is 4.74 Å². The molecule has 0 aromatic carbocycles. The molecule has 0 aromatic heterocycles. The van der Waals surface area contributed by atoms with E-state index >= 15 is 0 Å². The summed E-state index contributed by atoms with van der Waals surface area (Å²) in [7, 11) is 1.84. The van der Waals surface area contributed by atoms with Crippen molar-refractivity contribution in [3.05, 3.63) is 0 Å². The van der Waals surface area contributed by atoms with Gasteiger partial charge >= 0.3 is 0 Å². The zero-order valence-electron chi connectivity index (χ0n) is 12.4. The molecule has 1 atom stereocenters. The van der Waals surface area contributed by atoms with Gasteiger partial charge in [0.2, 0.25) is 0 Å². The SMILES string of the molecule is CCCNC(C1CCC(C)CC1)C(C)(C)OC. The molecule has 1 aliphatic rings. The molecule has 0 radical (unpaired) electrons. The van der Waals surface area contributed by atoms with Crippen molar-refractivity contribution in [3.63, 3.8) is 0 Å². The van der Waals surface area contributed by atoms with Crippen molar-refractivity contribution < 1.29 is 4.74 Å². The molecule has 0 saturated heterocycles. The molecule has 1 rings (SSSR count). The normalized spacial score (nSPS) is 28.1. The van der Waals surface area contributed by atoms with Crippen molar-refractivity contribution in [2.24, 2.45) is 11.8 Å². The summed E-state index contributed by atoms with van der Waals surface area (Å²) < 4.78 is 5.71. The first kappa shape index (κ1) is 15.0. The van der Waals surface area contributed by atoms with Gasteiger partial charge in [0.05, 0.1) is 5.60 Å². The third kappa shape index (κ3) is 4.26. The fourth-order valence-electron chi connectivity index (χ4n) is 3.03. The summed E-state index contributed by atoms with van der Waals surface area (Å²) in [5.41, 5.74) is -0.0551. The van der Waals surface area contributed by atoms with Gasteiger partial charge in [-0.2, -0.15) is 0 Å². The van der Waals surface area contributed by atoms with Gasteiger partial charge in [0.25, 0.3) is 0 Å². The Kier molecular flexibility index (Phi) is 5.94. The van der Waals surface area contributed by atoms with Crippen molar-refractivity contribution >= 4 is 0 Å². The van der Waals surface area contributed by atoms with E-state index in [9.17, 15) is 0 Å². The molecule has 0 aromatic rings. The van der Waals surface area contributed by atoms with Gasteiger partial charge in [-0.3, -0.25) is 0 Å². The molecule has 2 nitrogen and oxygen atoms in total. The summed E-state index contributed by atoms with van der Waals surface area (Å²) in [5.74, 6) is 1.71. The monoisotopic (exact) mass is 241 g/mol. The summed E-state index contributed by atoms with van der Waals surface area (Å²) in [6.45, 7) is 10.2. The minimum Gasteiger partial charge on any atom is -0.377 e. The molecule has 1 unspecified atom stereocenters. The Balaban J connectivity index is 2.62. The van der Waals surface area contributed by atoms with E-state index in [0.717, 1.165) is 18.4 Å². The van der Waals surface area contributed by atoms with Crippen LogP contribution in [0.1, 0.15) is 59.8 Å². The number of hydrogen-bond donors (Lipinski definition) is 1. The lowest BCUT2D eigenvalue weighted by atomic mass is 9.74. The molecule has 1 aliphatic carbocycles. The molecule has 0 spiro atoms. The lowest BCUT2D eigenvalue weighted by molar-refractivity contribution is -0.0346. The second-order valence-electron chi connectivity index (χ2n) is 6.26. The summed E-state index contributed by atoms with van der Waals surface area (Å²) in [4.78, 5) is 0. The zero-order valence-corrected chi connectivity index (χ0v) is 12.4. The molecule has 1 saturated carbocycles. The van der Waals surface area contributed by atoms with E-state index in [0.29, 0.717) is 6.04 Å². The van der Waals surface area contributed by atoms with Gasteiger partial charge in [0.15, 0.2) is 0 Å². The van der Waals surface area contributed by atoms with E-state index in [2.05, 4.69) is 33.0 Å². The topological polar surface area (TPSA) is 21.3 Å². The number of hydrogen-bond acceptors (Lipinski definition) is 2. The van der Waals surface area contributed by atoms with Crippen LogP contribution in [0.25, 0.3) is 0 Å². The molecule has 0 heterocycles. The Morgan fingerprint density at radius 2 is 1.82 bits per heavy atom. The largest absolute Gasteiger partial charge is 0.377 e. The summed E-state index contributed by atoms with van der Waals surface area (Å²) >= 11 is 0. The lowest BCUT2D eigenvalue weighted by Gasteiger charge is -2.42. The van der Waals surface area contributed by atoms with E-state index < -0.39 is 0 Å². The lowest BCUT2D eigenvalue weighted by Crippen LogP contribution is -2.53. The van der Waals surface area contributed by atoms with E-state index in [4.69, 9.17) is 4.74 Å². The highest BCUT2D eigenvalue weighted by atomic mass is 16.5. The number of ether oxygens (including phenoxy) is 1. The fourth-order valence-corrected chi connectivity index (χ4v) is 3.03. The molecule has 0 aliphatic heterocycles. The van der Waals surface area contributed by atoms with E-state index in [-0.39, 0.29) is 5.60 Å². The average Bonchev–Trinajstić information content (AvgIpc) is 2.31. The van der Waals surface area contributed by atoms with Gasteiger partial charge in [0.1, 0.15) is 0 Å². The van der Waals surface area contributed by atoms with Crippen LogP contribution >= 0.6 is 0 Å². The predicted molar refractivity (Wildman–Crippen MR) is 74.3 cm³/mol. The average molecular weight is 241 g/mol. The molecule has 1 fully saturated rings. The van der Waals surface area contributed by atoms with Gasteiger partial charge in [0, 0.05) is 13.2 Å². The first-order chi connectivity index (χ1) is 8.01. The van der Waals surface area contributed by atoms with Crippen molar-refractivity contribution in [2.75, 3.05) is 13.7 Å². The third-order valence-corrected chi connectivity index (χ3v) is 4.42. The van der Waals surface area contributed by atoms with Crippen molar-refractivity contribution in [1.29, 1.82) is 0 Å². The van der Waals surface area contributed by atoms with Crippen LogP contribution in [0.15, 0.2) is 0 Å². The second-order valence-corrected chi connectivity index (χ2v) is 6.26. The first-order valence-corrected chi connectivity index (χ1v) is 7.29. The van der Waals surface area contributed by atoms with Gasteiger partial charge in [-0.1, -0.05) is 26.7 Å². The molecule has 0 amide bonds. The Morgan fingerprint density at radius 3 is 2.29 bits per heavy atom. The predicted octanol–water partition coefficient (Wildman–Crippen LogP) is 3.61. The van der Waals surface area contributed by atoms with E-state index in [1.54, 1.807) is 0 Å². The maximum Gasteiger partial charge on any atom is 0.0777 e. The van der Waals surface area contributed by atoms with Crippen LogP contribution in [0, 0.1) is 11.8 Å². The van der Waals surface area contributed by atoms with Crippen LogP contribution in [0.3, 0.4) is 0 Å². The van der Waals surface area contributed by atoms with E-state index in [1.165, 1.54) is 32.1 Å². The van der Waals surface area contributed by atoms with Gasteiger partial charge < -0.3 is 10.1 Å². The van der Waals surface area contributed by atoms with Crippen LogP contribution < -0.4 is 5.32 Å². The van der Waals surface area contributed by atoms with Crippen molar-refractivity contribution in [2.45, 2.75) is 71.4 Å². The Bertz CT molecular complexity index is 207. The third-order valence-electron chi connectivity index (χ3n) is 4.42. The number of rotatable bonds is 6. The van der Waals surface area contributed by atoms with Crippen LogP contribution in [0.5, 0.6) is 0 Å². The summed E-state index contributed by atoms with van der Waals surface area (Å²) in [5, 5.41) is 3.72. The van der Waals surface area contributed by atoms with E-state index in [1.807, 2.05) is 7.11 Å². The number of methoxy groups -OCH3 is 1. The molecular weight excluding hydrogens is 210 g/mol. The standard InChI is InChI=1S/C15H31NO/c1-6-11-16-14(15(3,4)17-5)13-9-7-12(2)8-10-13/h12-14,16H,6-11H2,1-5H3. The molecule has 1 N–H and O–H groups in total. The minimum absolute atomic E-state index is 0.0551. The first-order valence-electron chi connectivity index (χ1n) is 7.29. The maximum atomic E-state index is 5.71. The van der Waals surface area contributed by atoms with Crippen molar-refractivity contribution in [3.8, 4) is 0 Å². The number of nitrogens with one attached hydrogen (secondary N) is 1. The van der Waals surface area contributed by atoms with Crippen molar-refractivity contribution in [1.82, 2.24) is 5.32 Å². The highest BCUT2D eigenvalue weighted by Gasteiger charge is 2.36. The Morgan fingerprint density at radius 1 is 1.24 bits per heavy atom. The fraction of sp³-hybridized carbons (Fsp3) is 1.00. The molecule has 0 bridgehead atoms. The van der Waals surface area contributed by atoms with Crippen LogP contribution in [0.4, 0.5) is 0 Å². The smallest absolute Gasteiger partial charge is 0.0777 e. The van der Waals surface area contributed by atoms with Gasteiger partial charge in [-0.15, -0.1) is 0 Å². The highest BCUT2D eigenvalue weighted by Crippen LogP contribution is 2.34. The second kappa shape index (κ2) is 6.75. The van der Waals surface area contributed by atoms with Gasteiger partial charge in [-0.05, 0) is 51.5 Å². The zero-order chi connectivity index (χ0) is 12.9. The summed E-state index contributed by atoms with van der Waals surface area (Å²) in [6, 6.07) is 0.500.